The number of hydrogen-bond acceptors (Lipinski definition) is 7. The standard InChI is InChI=1S/C25H29N5O4/c26-15-20-18-6-1-2-7-19(18)22(21-8-4-14-34-21)28-23(20)29-9-11-30(12-10-29)25(32)24(31)27-16-17-5-3-13-33-17/h4,8,14,17H,1-3,5-7,9-13,16H2,(H,27,31)/t17-/m1/s1. The Morgan fingerprint density at radius 3 is 2.62 bits per heavy atom. The van der Waals surface area contributed by atoms with Gasteiger partial charge in [-0.15, -0.1) is 0 Å². The number of nitrogens with one attached hydrogen (secondary N) is 1. The van der Waals surface area contributed by atoms with E-state index in [0.29, 0.717) is 56.5 Å². The lowest BCUT2D eigenvalue weighted by Crippen LogP contribution is -2.53. The second-order valence-corrected chi connectivity index (χ2v) is 9.04. The molecular formula is C25H29N5O4. The first kappa shape index (κ1) is 22.4. The number of rotatable bonds is 4. The minimum Gasteiger partial charge on any atom is -0.463 e. The number of carbonyl (C=O) groups excluding carboxylic acids is 2. The number of hydrogen-bond donors (Lipinski definition) is 1. The highest BCUT2D eigenvalue weighted by Crippen LogP contribution is 2.37. The van der Waals surface area contributed by atoms with Crippen LogP contribution in [0.4, 0.5) is 5.82 Å². The zero-order valence-corrected chi connectivity index (χ0v) is 19.2. The van der Waals surface area contributed by atoms with Crippen LogP contribution in [0.25, 0.3) is 11.5 Å². The van der Waals surface area contributed by atoms with Crippen LogP contribution < -0.4 is 10.2 Å². The fraction of sp³-hybridized carbons (Fsp3) is 0.520. The van der Waals surface area contributed by atoms with Gasteiger partial charge in [-0.3, -0.25) is 9.59 Å². The Hall–Kier alpha value is -3.38. The summed E-state index contributed by atoms with van der Waals surface area (Å²) in [6, 6.07) is 6.15. The van der Waals surface area contributed by atoms with Gasteiger partial charge in [0.2, 0.25) is 0 Å². The molecule has 2 fully saturated rings. The Bertz CT molecular complexity index is 1090. The molecule has 2 aromatic rings. The lowest BCUT2D eigenvalue weighted by atomic mass is 9.87. The summed E-state index contributed by atoms with van der Waals surface area (Å²) >= 11 is 0. The van der Waals surface area contributed by atoms with Gasteiger partial charge in [-0.2, -0.15) is 5.26 Å². The SMILES string of the molecule is N#Cc1c(N2CCN(C(=O)C(=O)NC[C@H]3CCCO3)CC2)nc(-c2ccco2)c2c1CCCC2. The molecule has 0 bridgehead atoms. The third kappa shape index (κ3) is 4.38. The highest BCUT2D eigenvalue weighted by atomic mass is 16.5. The molecule has 3 aliphatic rings. The summed E-state index contributed by atoms with van der Waals surface area (Å²) in [7, 11) is 0. The number of nitrogens with zero attached hydrogens (tertiary/aromatic N) is 4. The summed E-state index contributed by atoms with van der Waals surface area (Å²) in [5, 5.41) is 12.7. The number of amides is 2. The van der Waals surface area contributed by atoms with Gasteiger partial charge in [0.05, 0.1) is 17.9 Å². The normalized spacial score (nSPS) is 20.0. The van der Waals surface area contributed by atoms with Crippen molar-refractivity contribution in [2.75, 3.05) is 44.2 Å². The van der Waals surface area contributed by atoms with Gasteiger partial charge >= 0.3 is 11.8 Å². The van der Waals surface area contributed by atoms with E-state index in [-0.39, 0.29) is 6.10 Å². The zero-order valence-electron chi connectivity index (χ0n) is 19.2. The number of aromatic nitrogens is 1. The molecule has 34 heavy (non-hydrogen) atoms. The van der Waals surface area contributed by atoms with Gasteiger partial charge in [0, 0.05) is 39.3 Å². The average Bonchev–Trinajstić information content (AvgIpc) is 3.61. The topological polar surface area (TPSA) is 112 Å². The monoisotopic (exact) mass is 463 g/mol. The molecule has 9 nitrogen and oxygen atoms in total. The Balaban J connectivity index is 1.31. The molecule has 2 amide bonds. The van der Waals surface area contributed by atoms with Crippen molar-refractivity contribution >= 4 is 17.6 Å². The van der Waals surface area contributed by atoms with E-state index in [2.05, 4.69) is 11.4 Å². The van der Waals surface area contributed by atoms with Crippen molar-refractivity contribution in [1.29, 1.82) is 5.26 Å². The van der Waals surface area contributed by atoms with E-state index in [1.165, 1.54) is 0 Å². The van der Waals surface area contributed by atoms with E-state index in [9.17, 15) is 14.9 Å². The molecule has 0 aromatic carbocycles. The maximum Gasteiger partial charge on any atom is 0.312 e. The predicted octanol–water partition coefficient (Wildman–Crippen LogP) is 2.04. The Morgan fingerprint density at radius 2 is 1.94 bits per heavy atom. The van der Waals surface area contributed by atoms with Gasteiger partial charge in [-0.05, 0) is 61.8 Å². The molecule has 1 aliphatic carbocycles. The molecule has 0 radical (unpaired) electrons. The minimum absolute atomic E-state index is 0.00330. The van der Waals surface area contributed by atoms with Crippen molar-refractivity contribution in [2.24, 2.45) is 0 Å². The number of ether oxygens (including phenoxy) is 1. The van der Waals surface area contributed by atoms with Crippen LogP contribution in [0.1, 0.15) is 42.4 Å². The van der Waals surface area contributed by atoms with Crippen LogP contribution in [0.5, 0.6) is 0 Å². The van der Waals surface area contributed by atoms with Crippen LogP contribution in [-0.2, 0) is 27.2 Å². The zero-order chi connectivity index (χ0) is 23.5. The summed E-state index contributed by atoms with van der Waals surface area (Å²) < 4.78 is 11.2. The number of carbonyl (C=O) groups is 2. The summed E-state index contributed by atoms with van der Waals surface area (Å²) in [5.74, 6) is 0.242. The molecule has 2 aromatic heterocycles. The van der Waals surface area contributed by atoms with E-state index in [4.69, 9.17) is 14.1 Å². The van der Waals surface area contributed by atoms with Gasteiger partial charge in [-0.25, -0.2) is 4.98 Å². The number of pyridine rings is 1. The molecule has 2 aliphatic heterocycles. The van der Waals surface area contributed by atoms with Crippen LogP contribution in [0.2, 0.25) is 0 Å². The Kier molecular flexibility index (Phi) is 6.50. The number of piperazine rings is 1. The van der Waals surface area contributed by atoms with E-state index >= 15 is 0 Å². The molecule has 0 spiro atoms. The second kappa shape index (κ2) is 9.85. The number of nitriles is 1. The lowest BCUT2D eigenvalue weighted by molar-refractivity contribution is -0.146. The van der Waals surface area contributed by atoms with Crippen molar-refractivity contribution in [3.8, 4) is 17.5 Å². The average molecular weight is 464 g/mol. The molecule has 178 valence electrons. The van der Waals surface area contributed by atoms with Gasteiger partial charge in [0.25, 0.3) is 0 Å². The van der Waals surface area contributed by atoms with E-state index in [0.717, 1.165) is 55.3 Å². The first-order valence-electron chi connectivity index (χ1n) is 12.1. The molecule has 2 saturated heterocycles. The van der Waals surface area contributed by atoms with Crippen molar-refractivity contribution < 1.29 is 18.7 Å². The molecule has 0 saturated carbocycles. The lowest BCUT2D eigenvalue weighted by Gasteiger charge is -2.36. The van der Waals surface area contributed by atoms with Gasteiger partial charge < -0.3 is 24.3 Å². The third-order valence-electron chi connectivity index (χ3n) is 6.94. The summed E-state index contributed by atoms with van der Waals surface area (Å²) in [6.07, 6.45) is 7.38. The molecule has 1 atom stereocenters. The van der Waals surface area contributed by atoms with E-state index < -0.39 is 11.8 Å². The second-order valence-electron chi connectivity index (χ2n) is 9.04. The third-order valence-corrected chi connectivity index (χ3v) is 6.94. The number of furan rings is 1. The smallest absolute Gasteiger partial charge is 0.312 e. The van der Waals surface area contributed by atoms with Crippen LogP contribution in [0.3, 0.4) is 0 Å². The van der Waals surface area contributed by atoms with Crippen LogP contribution in [0, 0.1) is 11.3 Å². The predicted molar refractivity (Wildman–Crippen MR) is 124 cm³/mol. The van der Waals surface area contributed by atoms with Gasteiger partial charge in [-0.1, -0.05) is 0 Å². The van der Waals surface area contributed by atoms with Crippen molar-refractivity contribution in [3.63, 3.8) is 0 Å². The molecule has 9 heteroatoms. The molecule has 0 unspecified atom stereocenters. The van der Waals surface area contributed by atoms with Gasteiger partial charge in [0.1, 0.15) is 17.6 Å². The largest absolute Gasteiger partial charge is 0.463 e. The van der Waals surface area contributed by atoms with E-state index in [1.54, 1.807) is 11.2 Å². The fourth-order valence-electron chi connectivity index (χ4n) is 5.12. The van der Waals surface area contributed by atoms with Gasteiger partial charge in [0.15, 0.2) is 5.76 Å². The van der Waals surface area contributed by atoms with Crippen molar-refractivity contribution in [3.05, 3.63) is 35.1 Å². The summed E-state index contributed by atoms with van der Waals surface area (Å²) in [4.78, 5) is 33.5. The van der Waals surface area contributed by atoms with Crippen LogP contribution in [-0.4, -0.2) is 67.1 Å². The number of anilines is 1. The summed E-state index contributed by atoms with van der Waals surface area (Å²) in [6.45, 7) is 2.87. The van der Waals surface area contributed by atoms with Crippen LogP contribution >= 0.6 is 0 Å². The Morgan fingerprint density at radius 1 is 1.15 bits per heavy atom. The quantitative estimate of drug-likeness (QED) is 0.691. The van der Waals surface area contributed by atoms with Crippen molar-refractivity contribution in [1.82, 2.24) is 15.2 Å². The first-order chi connectivity index (χ1) is 16.7. The molecule has 4 heterocycles. The van der Waals surface area contributed by atoms with Crippen LogP contribution in [0.15, 0.2) is 22.8 Å². The van der Waals surface area contributed by atoms with Crippen molar-refractivity contribution in [2.45, 2.75) is 44.6 Å². The molecular weight excluding hydrogens is 434 g/mol. The fourth-order valence-corrected chi connectivity index (χ4v) is 5.12. The molecule has 1 N–H and O–H groups in total. The first-order valence-corrected chi connectivity index (χ1v) is 12.1. The maximum absolute atomic E-state index is 12.6. The minimum atomic E-state index is -0.589. The summed E-state index contributed by atoms with van der Waals surface area (Å²) in [5.41, 5.74) is 3.61. The molecule has 5 rings (SSSR count). The number of fused-ring (bicyclic) bond motifs is 1. The Labute approximate surface area is 198 Å². The highest BCUT2D eigenvalue weighted by molar-refractivity contribution is 6.35. The maximum atomic E-state index is 12.6. The van der Waals surface area contributed by atoms with E-state index in [1.807, 2.05) is 17.0 Å². The highest BCUT2D eigenvalue weighted by Gasteiger charge is 2.31.